The van der Waals surface area contributed by atoms with E-state index in [0.29, 0.717) is 0 Å². The number of hydrogen-bond acceptors (Lipinski definition) is 2. The van der Waals surface area contributed by atoms with Crippen molar-refractivity contribution >= 4 is 10.8 Å². The van der Waals surface area contributed by atoms with Crippen LogP contribution in [0.25, 0.3) is 10.8 Å². The molecule has 2 nitrogen and oxygen atoms in total. The van der Waals surface area contributed by atoms with Crippen LogP contribution in [0, 0.1) is 17.8 Å². The van der Waals surface area contributed by atoms with Gasteiger partial charge in [-0.3, -0.25) is 4.98 Å². The maximum atomic E-state index is 4.16. The maximum Gasteiger partial charge on any atom is 0.0346 e. The molecule has 2 aliphatic rings. The highest BCUT2D eigenvalue weighted by Gasteiger charge is 2.38. The van der Waals surface area contributed by atoms with Crippen LogP contribution in [0.1, 0.15) is 31.2 Å². The summed E-state index contributed by atoms with van der Waals surface area (Å²) in [6.45, 7) is 2.20. The predicted octanol–water partition coefficient (Wildman–Crippen LogP) is 3.76. The van der Waals surface area contributed by atoms with Crippen molar-refractivity contribution in [3.8, 4) is 0 Å². The van der Waals surface area contributed by atoms with E-state index in [9.17, 15) is 0 Å². The summed E-state index contributed by atoms with van der Waals surface area (Å²) in [7, 11) is 0. The van der Waals surface area contributed by atoms with Gasteiger partial charge in [-0.15, -0.1) is 0 Å². The van der Waals surface area contributed by atoms with E-state index in [1.165, 1.54) is 48.6 Å². The van der Waals surface area contributed by atoms with Crippen molar-refractivity contribution in [1.29, 1.82) is 0 Å². The van der Waals surface area contributed by atoms with Gasteiger partial charge in [0.2, 0.25) is 0 Å². The number of fused-ring (bicyclic) bond motifs is 3. The average Bonchev–Trinajstić information content (AvgIpc) is 3.10. The van der Waals surface area contributed by atoms with Crippen LogP contribution in [0.4, 0.5) is 0 Å². The van der Waals surface area contributed by atoms with Crippen LogP contribution in [0.15, 0.2) is 36.7 Å². The van der Waals surface area contributed by atoms with E-state index in [2.05, 4.69) is 34.6 Å². The summed E-state index contributed by atoms with van der Waals surface area (Å²) in [5.74, 6) is 3.02. The molecule has 4 rings (SSSR count). The molecule has 0 aliphatic heterocycles. The van der Waals surface area contributed by atoms with Gasteiger partial charge in [0.25, 0.3) is 0 Å². The van der Waals surface area contributed by atoms with Gasteiger partial charge in [0.15, 0.2) is 0 Å². The smallest absolute Gasteiger partial charge is 0.0346 e. The third-order valence-electron chi connectivity index (χ3n) is 5.33. The lowest BCUT2D eigenvalue weighted by Crippen LogP contribution is -2.26. The molecule has 1 aromatic heterocycles. The lowest BCUT2D eigenvalue weighted by molar-refractivity contribution is 0.318. The van der Waals surface area contributed by atoms with Crippen molar-refractivity contribution in [3.05, 3.63) is 42.2 Å². The van der Waals surface area contributed by atoms with Crippen molar-refractivity contribution in [2.24, 2.45) is 17.8 Å². The van der Waals surface area contributed by atoms with Gasteiger partial charge in [0.1, 0.15) is 0 Å². The first-order valence-electron chi connectivity index (χ1n) is 7.92. The summed E-state index contributed by atoms with van der Waals surface area (Å²) < 4.78 is 0. The van der Waals surface area contributed by atoms with Crippen molar-refractivity contribution < 1.29 is 0 Å². The minimum atomic E-state index is 0.943. The van der Waals surface area contributed by atoms with E-state index in [1.807, 2.05) is 12.4 Å². The van der Waals surface area contributed by atoms with Crippen LogP contribution < -0.4 is 5.32 Å². The van der Waals surface area contributed by atoms with E-state index < -0.39 is 0 Å². The molecule has 3 unspecified atom stereocenters. The molecule has 2 saturated carbocycles. The number of benzene rings is 1. The second-order valence-electron chi connectivity index (χ2n) is 6.62. The number of nitrogens with one attached hydrogen (secondary N) is 1. The molecule has 0 amide bonds. The minimum absolute atomic E-state index is 0.943. The monoisotopic (exact) mass is 266 g/mol. The summed E-state index contributed by atoms with van der Waals surface area (Å²) in [6.07, 6.45) is 9.77. The van der Waals surface area contributed by atoms with Crippen LogP contribution in [0.2, 0.25) is 0 Å². The van der Waals surface area contributed by atoms with Gasteiger partial charge in [-0.25, -0.2) is 0 Å². The van der Waals surface area contributed by atoms with Gasteiger partial charge in [-0.05, 0) is 66.6 Å². The Labute approximate surface area is 120 Å². The predicted molar refractivity (Wildman–Crippen MR) is 82.4 cm³/mol. The van der Waals surface area contributed by atoms with Gasteiger partial charge < -0.3 is 5.32 Å². The Morgan fingerprint density at radius 3 is 2.95 bits per heavy atom. The molecular formula is C18H22N2. The Bertz CT molecular complexity index is 607. The highest BCUT2D eigenvalue weighted by atomic mass is 14.9. The van der Waals surface area contributed by atoms with E-state index in [1.54, 1.807) is 0 Å². The zero-order valence-electron chi connectivity index (χ0n) is 11.9. The zero-order chi connectivity index (χ0) is 13.4. The number of pyridine rings is 1. The van der Waals surface area contributed by atoms with Crippen LogP contribution in [0.5, 0.6) is 0 Å². The van der Waals surface area contributed by atoms with Crippen molar-refractivity contribution in [2.45, 2.75) is 32.2 Å². The largest absolute Gasteiger partial charge is 0.312 e. The molecule has 1 aromatic carbocycles. The third kappa shape index (κ3) is 2.33. The summed E-state index contributed by atoms with van der Waals surface area (Å²) >= 11 is 0. The number of nitrogens with zero attached hydrogens (tertiary/aromatic N) is 1. The first kappa shape index (κ1) is 12.3. The quantitative estimate of drug-likeness (QED) is 0.911. The van der Waals surface area contributed by atoms with E-state index in [-0.39, 0.29) is 0 Å². The van der Waals surface area contributed by atoms with Crippen molar-refractivity contribution in [2.75, 3.05) is 6.54 Å². The maximum absolute atomic E-state index is 4.16. The van der Waals surface area contributed by atoms with Crippen molar-refractivity contribution in [3.63, 3.8) is 0 Å². The SMILES string of the molecule is c1cc2cc(CNCC3CC4CCC3C4)ccc2cn1. The molecule has 2 bridgehead atoms. The van der Waals surface area contributed by atoms with Crippen molar-refractivity contribution in [1.82, 2.24) is 10.3 Å². The molecule has 0 radical (unpaired) electrons. The minimum Gasteiger partial charge on any atom is -0.312 e. The van der Waals surface area contributed by atoms with Gasteiger partial charge in [0.05, 0.1) is 0 Å². The number of rotatable bonds is 4. The summed E-state index contributed by atoms with van der Waals surface area (Å²) in [5.41, 5.74) is 1.38. The number of hydrogen-bond donors (Lipinski definition) is 1. The molecule has 1 N–H and O–H groups in total. The van der Waals surface area contributed by atoms with Gasteiger partial charge in [-0.2, -0.15) is 0 Å². The Morgan fingerprint density at radius 2 is 2.10 bits per heavy atom. The normalized spacial score (nSPS) is 28.3. The molecule has 1 heterocycles. The lowest BCUT2D eigenvalue weighted by Gasteiger charge is -2.21. The number of aromatic nitrogens is 1. The van der Waals surface area contributed by atoms with Gasteiger partial charge in [0, 0.05) is 24.3 Å². The van der Waals surface area contributed by atoms with E-state index >= 15 is 0 Å². The Morgan fingerprint density at radius 1 is 1.10 bits per heavy atom. The third-order valence-corrected chi connectivity index (χ3v) is 5.33. The molecule has 0 saturated heterocycles. The van der Waals surface area contributed by atoms with Gasteiger partial charge in [-0.1, -0.05) is 18.6 Å². The molecule has 2 heteroatoms. The Kier molecular flexibility index (Phi) is 3.19. The summed E-state index contributed by atoms with van der Waals surface area (Å²) in [6, 6.07) is 8.77. The highest BCUT2D eigenvalue weighted by Crippen LogP contribution is 2.47. The molecule has 2 aromatic rings. The molecule has 0 spiro atoms. The van der Waals surface area contributed by atoms with E-state index in [4.69, 9.17) is 0 Å². The second-order valence-corrected chi connectivity index (χ2v) is 6.62. The zero-order valence-corrected chi connectivity index (χ0v) is 11.9. The summed E-state index contributed by atoms with van der Waals surface area (Å²) in [5, 5.41) is 6.19. The highest BCUT2D eigenvalue weighted by molar-refractivity contribution is 5.81. The first-order chi connectivity index (χ1) is 9.88. The lowest BCUT2D eigenvalue weighted by atomic mass is 9.89. The molecule has 20 heavy (non-hydrogen) atoms. The average molecular weight is 266 g/mol. The van der Waals surface area contributed by atoms with Crippen LogP contribution in [0.3, 0.4) is 0 Å². The summed E-state index contributed by atoms with van der Waals surface area (Å²) in [4.78, 5) is 4.16. The standard InChI is InChI=1S/C18H22N2/c1-3-15-7-13(1)8-18(15)12-20-10-14-2-4-17-11-19-6-5-16(17)9-14/h2,4-6,9,11,13,15,18,20H,1,3,7-8,10,12H2. The molecular weight excluding hydrogens is 244 g/mol. The van der Waals surface area contributed by atoms with Crippen LogP contribution in [-0.2, 0) is 6.54 Å². The van der Waals surface area contributed by atoms with Crippen LogP contribution in [-0.4, -0.2) is 11.5 Å². The van der Waals surface area contributed by atoms with Crippen LogP contribution >= 0.6 is 0 Å². The van der Waals surface area contributed by atoms with Gasteiger partial charge >= 0.3 is 0 Å². The first-order valence-corrected chi connectivity index (χ1v) is 7.92. The molecule has 2 aliphatic carbocycles. The Balaban J connectivity index is 1.36. The second kappa shape index (κ2) is 5.17. The fraction of sp³-hybridized carbons (Fsp3) is 0.500. The van der Waals surface area contributed by atoms with E-state index in [0.717, 1.165) is 24.3 Å². The fourth-order valence-corrected chi connectivity index (χ4v) is 4.27. The Hall–Kier alpha value is -1.41. The fourth-order valence-electron chi connectivity index (χ4n) is 4.27. The molecule has 3 atom stereocenters. The topological polar surface area (TPSA) is 24.9 Å². The molecule has 104 valence electrons. The molecule has 2 fully saturated rings.